The summed E-state index contributed by atoms with van der Waals surface area (Å²) < 4.78 is 40.8. The number of hydrogen-bond acceptors (Lipinski definition) is 3. The predicted molar refractivity (Wildman–Crippen MR) is 209 cm³/mol. The Labute approximate surface area is 325 Å². The Morgan fingerprint density at radius 1 is 0.635 bits per heavy atom. The van der Waals surface area contributed by atoms with Gasteiger partial charge in [0.15, 0.2) is 0 Å². The molecule has 4 heteroatoms. The van der Waals surface area contributed by atoms with Crippen molar-refractivity contribution in [3.63, 3.8) is 0 Å². The quantitative estimate of drug-likeness (QED) is 0.150. The summed E-state index contributed by atoms with van der Waals surface area (Å²) in [6.45, 7) is 0. The maximum atomic E-state index is 8.78. The molecule has 5 aromatic carbocycles. The topological polar surface area (TPSA) is 38.9 Å². The molecule has 3 nitrogen and oxygen atoms in total. The molecule has 259 valence electrons. The fraction of sp³-hybridized carbons (Fsp3) is 0.167. The molecule has 1 aliphatic rings. The van der Waals surface area contributed by atoms with Crippen molar-refractivity contribution in [2.24, 2.45) is 5.92 Å². The van der Waals surface area contributed by atoms with Gasteiger partial charge in [0.1, 0.15) is 5.58 Å². The molecule has 9 rings (SSSR count). The molecule has 1 fully saturated rings. The molecule has 3 aromatic heterocycles. The van der Waals surface area contributed by atoms with Crippen molar-refractivity contribution < 1.29 is 30.0 Å². The van der Waals surface area contributed by atoms with Gasteiger partial charge < -0.3 is 14.4 Å². The minimum atomic E-state index is -1.61. The zero-order valence-electron chi connectivity index (χ0n) is 32.7. The van der Waals surface area contributed by atoms with Crippen molar-refractivity contribution in [1.82, 2.24) is 9.97 Å². The number of aromatic nitrogens is 2. The Kier molecular flexibility index (Phi) is 9.91. The molecule has 0 N–H and O–H groups in total. The first-order chi connectivity index (χ1) is 26.8. The second kappa shape index (κ2) is 16.9. The van der Waals surface area contributed by atoms with E-state index in [9.17, 15) is 0 Å². The van der Waals surface area contributed by atoms with E-state index in [2.05, 4.69) is 28.2 Å². The van der Waals surface area contributed by atoms with Gasteiger partial charge in [0.25, 0.3) is 0 Å². The summed E-state index contributed by atoms with van der Waals surface area (Å²) in [7, 11) is 0. The first-order valence-corrected chi connectivity index (χ1v) is 17.7. The maximum absolute atomic E-state index is 8.78. The summed E-state index contributed by atoms with van der Waals surface area (Å²) >= 11 is 0. The van der Waals surface area contributed by atoms with Crippen LogP contribution in [-0.4, -0.2) is 9.97 Å². The Morgan fingerprint density at radius 2 is 1.40 bits per heavy atom. The smallest absolute Gasteiger partial charge is 0.120 e. The summed E-state index contributed by atoms with van der Waals surface area (Å²) in [5.74, 6) is 0.0717. The van der Waals surface area contributed by atoms with Gasteiger partial charge in [-0.15, -0.1) is 54.1 Å². The van der Waals surface area contributed by atoms with Gasteiger partial charge in [-0.1, -0.05) is 140 Å². The zero-order valence-corrected chi connectivity index (χ0v) is 31.1. The largest absolute Gasteiger partial charge is 0.501 e. The summed E-state index contributed by atoms with van der Waals surface area (Å²) in [5.41, 5.74) is 8.82. The van der Waals surface area contributed by atoms with Crippen molar-refractivity contribution in [3.8, 4) is 33.6 Å². The van der Waals surface area contributed by atoms with Crippen molar-refractivity contribution in [1.29, 1.82) is 0 Å². The molecule has 0 spiro atoms. The molecule has 0 amide bonds. The van der Waals surface area contributed by atoms with E-state index in [1.54, 1.807) is 18.5 Å². The number of furan rings is 1. The third-order valence-electron chi connectivity index (χ3n) is 9.36. The molecule has 0 saturated heterocycles. The number of hydrogen-bond donors (Lipinski definition) is 0. The molecule has 8 aromatic rings. The second-order valence-corrected chi connectivity index (χ2v) is 12.9. The van der Waals surface area contributed by atoms with Crippen LogP contribution in [0.5, 0.6) is 0 Å². The van der Waals surface area contributed by atoms with E-state index in [-0.39, 0.29) is 26.0 Å². The fourth-order valence-electron chi connectivity index (χ4n) is 6.74. The summed E-state index contributed by atoms with van der Waals surface area (Å²) in [6, 6.07) is 51.0. The molecular formula is C48H40IrN2O-2. The normalized spacial score (nSPS) is 14.6. The van der Waals surface area contributed by atoms with E-state index in [4.69, 9.17) is 9.90 Å². The van der Waals surface area contributed by atoms with Crippen molar-refractivity contribution in [3.05, 3.63) is 181 Å². The monoisotopic (exact) mass is 857 g/mol. The number of rotatable bonds is 7. The number of fused-ring (bicyclic) bond motifs is 3. The molecule has 0 unspecified atom stereocenters. The molecule has 0 atom stereocenters. The second-order valence-electron chi connectivity index (χ2n) is 12.9. The molecule has 1 saturated carbocycles. The molecule has 0 bridgehead atoms. The van der Waals surface area contributed by atoms with Gasteiger partial charge in [-0.3, -0.25) is 0 Å². The average Bonchev–Trinajstić information content (AvgIpc) is 3.64. The molecule has 0 aliphatic heterocycles. The maximum Gasteiger partial charge on any atom is 0.120 e. The molecule has 1 radical (unpaired) electrons. The molecule has 1 aliphatic carbocycles. The van der Waals surface area contributed by atoms with Crippen LogP contribution in [0, 0.1) is 18.1 Å². The van der Waals surface area contributed by atoms with Crippen LogP contribution >= 0.6 is 0 Å². The number of benzene rings is 5. The van der Waals surface area contributed by atoms with Gasteiger partial charge in [-0.2, -0.15) is 0 Å². The van der Waals surface area contributed by atoms with Crippen LogP contribution in [0.3, 0.4) is 0 Å². The summed E-state index contributed by atoms with van der Waals surface area (Å²) in [5, 5.41) is 2.10. The number of pyridine rings is 2. The van der Waals surface area contributed by atoms with Crippen LogP contribution in [-0.2, 0) is 32.9 Å². The van der Waals surface area contributed by atoms with Gasteiger partial charge in [-0.05, 0) is 64.4 Å². The van der Waals surface area contributed by atoms with Crippen molar-refractivity contribution in [2.75, 3.05) is 0 Å². The van der Waals surface area contributed by atoms with E-state index >= 15 is 0 Å². The Balaban J connectivity index is 0.000000169. The van der Waals surface area contributed by atoms with Crippen LogP contribution in [0.25, 0.3) is 55.6 Å². The minimum Gasteiger partial charge on any atom is -0.501 e. The van der Waals surface area contributed by atoms with Gasteiger partial charge >= 0.3 is 0 Å². The van der Waals surface area contributed by atoms with E-state index in [1.165, 1.54) is 6.42 Å². The van der Waals surface area contributed by atoms with Crippen LogP contribution in [0.4, 0.5) is 0 Å². The summed E-state index contributed by atoms with van der Waals surface area (Å²) in [6.07, 6.45) is 5.73. The van der Waals surface area contributed by atoms with Gasteiger partial charge in [0, 0.05) is 43.4 Å². The fourth-order valence-corrected chi connectivity index (χ4v) is 6.74. The van der Waals surface area contributed by atoms with E-state index in [1.807, 2.05) is 127 Å². The van der Waals surface area contributed by atoms with Crippen LogP contribution in [0.2, 0.25) is 0 Å². The first-order valence-electron chi connectivity index (χ1n) is 19.7. The first kappa shape index (κ1) is 30.5. The Bertz CT molecular complexity index is 2430. The SMILES string of the molecule is [2H]C([2H])(c1ccc(-c2ccccc2)cc1)c1ccc(-c2[c-]cccc2)nc1.[2H]C([2H])(c1ccnc(-c2[c-]ccc3c2oc2ccccc23)c1)C1CCCCC1.[Ir]. The third kappa shape index (κ3) is 8.31. The van der Waals surface area contributed by atoms with Crippen LogP contribution < -0.4 is 0 Å². The van der Waals surface area contributed by atoms with E-state index in [0.717, 1.165) is 75.6 Å². The Hall–Kier alpha value is -5.15. The third-order valence-corrected chi connectivity index (χ3v) is 9.36. The average molecular weight is 857 g/mol. The standard InChI is InChI=1S/C24H22NO.C24H18N.Ir/c1-2-7-17(8-3-1)15-18-13-14-25-22(16-18)21-11-6-10-20-19-9-4-5-12-23(19)26-24(20)21;1-3-7-21(8-4-1)22-14-11-19(12-15-22)17-20-13-16-24(25-18-20)23-9-5-2-6-10-23;/h4-6,9-10,12-14,16-17H,1-3,7-8,15H2;1-9,11-16,18H,17H2;/q2*-1;/i15D2;17D2;. The van der Waals surface area contributed by atoms with Gasteiger partial charge in [0.2, 0.25) is 0 Å². The molecule has 52 heavy (non-hydrogen) atoms. The predicted octanol–water partition coefficient (Wildman–Crippen LogP) is 12.4. The van der Waals surface area contributed by atoms with E-state index < -0.39 is 12.7 Å². The summed E-state index contributed by atoms with van der Waals surface area (Å²) in [4.78, 5) is 8.97. The number of para-hydroxylation sites is 1. The van der Waals surface area contributed by atoms with Gasteiger partial charge in [-0.25, -0.2) is 0 Å². The molecule has 3 heterocycles. The van der Waals surface area contributed by atoms with Crippen LogP contribution in [0.1, 0.15) is 54.3 Å². The minimum absolute atomic E-state index is 0. The van der Waals surface area contributed by atoms with Crippen molar-refractivity contribution >= 4 is 21.9 Å². The van der Waals surface area contributed by atoms with Crippen molar-refractivity contribution in [2.45, 2.75) is 44.8 Å². The van der Waals surface area contributed by atoms with Gasteiger partial charge in [0.05, 0.1) is 5.58 Å². The number of nitrogens with zero attached hydrogens (tertiary/aromatic N) is 2. The van der Waals surface area contributed by atoms with Crippen LogP contribution in [0.15, 0.2) is 156 Å². The zero-order chi connectivity index (χ0) is 37.8. The molecular weight excluding hydrogens is 813 g/mol. The Morgan fingerprint density at radius 3 is 2.19 bits per heavy atom. The van der Waals surface area contributed by atoms with E-state index in [0.29, 0.717) is 22.4 Å².